The summed E-state index contributed by atoms with van der Waals surface area (Å²) < 4.78 is 2.47. The Morgan fingerprint density at radius 2 is 2.33 bits per heavy atom. The molecular weight excluding hydrogens is 296 g/mol. The Bertz CT molecular complexity index is 642. The maximum atomic E-state index is 11.9. The summed E-state index contributed by atoms with van der Waals surface area (Å²) >= 11 is 3.27. The van der Waals surface area contributed by atoms with E-state index in [0.29, 0.717) is 16.9 Å². The topological polar surface area (TPSA) is 70.7 Å². The number of hydrogen-bond acceptors (Lipinski definition) is 3. The number of nitrogens with one attached hydrogen (secondary N) is 1. The van der Waals surface area contributed by atoms with E-state index in [1.165, 1.54) is 0 Å². The van der Waals surface area contributed by atoms with Crippen LogP contribution in [0.4, 0.5) is 5.69 Å². The Labute approximate surface area is 112 Å². The first-order chi connectivity index (χ1) is 8.60. The fourth-order valence-corrected chi connectivity index (χ4v) is 1.80. The Kier molecular flexibility index (Phi) is 3.44. The normalized spacial score (nSPS) is 9.83. The second kappa shape index (κ2) is 5.02. The highest BCUT2D eigenvalue weighted by Crippen LogP contribution is 2.20. The average Bonchev–Trinajstić information content (AvgIpc) is 2.78. The zero-order chi connectivity index (χ0) is 13.1. The van der Waals surface area contributed by atoms with Crippen LogP contribution >= 0.6 is 15.9 Å². The first-order valence-electron chi connectivity index (χ1n) is 5.09. The van der Waals surface area contributed by atoms with Crippen LogP contribution in [0, 0.1) is 11.3 Å². The molecule has 5 nitrogen and oxygen atoms in total. The number of rotatable bonds is 2. The molecule has 0 atom stereocenters. The van der Waals surface area contributed by atoms with Gasteiger partial charge in [0.05, 0.1) is 17.6 Å². The van der Waals surface area contributed by atoms with E-state index in [4.69, 9.17) is 5.26 Å². The molecule has 1 amide bonds. The van der Waals surface area contributed by atoms with Crippen molar-refractivity contribution >= 4 is 27.5 Å². The van der Waals surface area contributed by atoms with Gasteiger partial charge in [0.2, 0.25) is 0 Å². The van der Waals surface area contributed by atoms with E-state index < -0.39 is 0 Å². The zero-order valence-electron chi connectivity index (χ0n) is 9.51. The molecule has 0 saturated heterocycles. The van der Waals surface area contributed by atoms with Crippen LogP contribution in [0.1, 0.15) is 16.1 Å². The van der Waals surface area contributed by atoms with Crippen molar-refractivity contribution in [2.24, 2.45) is 7.05 Å². The molecule has 0 aliphatic carbocycles. The van der Waals surface area contributed by atoms with E-state index >= 15 is 0 Å². The maximum Gasteiger partial charge on any atom is 0.275 e. The molecule has 2 rings (SSSR count). The van der Waals surface area contributed by atoms with Crippen molar-refractivity contribution in [3.8, 4) is 6.07 Å². The van der Waals surface area contributed by atoms with E-state index in [2.05, 4.69) is 26.2 Å². The second-order valence-corrected chi connectivity index (χ2v) is 4.60. The van der Waals surface area contributed by atoms with Crippen molar-refractivity contribution in [3.05, 3.63) is 46.5 Å². The quantitative estimate of drug-likeness (QED) is 0.925. The number of aryl methyl sites for hydroxylation is 1. The molecule has 0 spiro atoms. The van der Waals surface area contributed by atoms with Gasteiger partial charge in [-0.25, -0.2) is 4.98 Å². The molecule has 6 heteroatoms. The lowest BCUT2D eigenvalue weighted by Gasteiger charge is -2.05. The minimum atomic E-state index is -0.338. The van der Waals surface area contributed by atoms with Gasteiger partial charge in [-0.1, -0.05) is 15.9 Å². The molecule has 0 bridgehead atoms. The number of carbonyl (C=O) groups excluding carboxylic acids is 1. The summed E-state index contributed by atoms with van der Waals surface area (Å²) in [6.45, 7) is 0. The van der Waals surface area contributed by atoms with Gasteiger partial charge in [0, 0.05) is 17.7 Å². The van der Waals surface area contributed by atoms with Crippen molar-refractivity contribution < 1.29 is 4.79 Å². The van der Waals surface area contributed by atoms with Crippen LogP contribution < -0.4 is 5.32 Å². The first kappa shape index (κ1) is 12.3. The summed E-state index contributed by atoms with van der Waals surface area (Å²) in [6, 6.07) is 7.10. The van der Waals surface area contributed by atoms with Crippen molar-refractivity contribution in [1.82, 2.24) is 9.55 Å². The van der Waals surface area contributed by atoms with Crippen molar-refractivity contribution in [2.45, 2.75) is 0 Å². The molecule has 0 fully saturated rings. The zero-order valence-corrected chi connectivity index (χ0v) is 11.1. The van der Waals surface area contributed by atoms with E-state index in [1.807, 2.05) is 6.07 Å². The van der Waals surface area contributed by atoms with Crippen LogP contribution in [0.2, 0.25) is 0 Å². The highest BCUT2D eigenvalue weighted by Gasteiger charge is 2.11. The molecule has 0 saturated carbocycles. The monoisotopic (exact) mass is 304 g/mol. The van der Waals surface area contributed by atoms with Crippen LogP contribution in [0.3, 0.4) is 0 Å². The van der Waals surface area contributed by atoms with Gasteiger partial charge < -0.3 is 9.88 Å². The first-order valence-corrected chi connectivity index (χ1v) is 5.88. The van der Waals surface area contributed by atoms with Crippen LogP contribution in [0.15, 0.2) is 35.2 Å². The molecular formula is C12H9BrN4O. The summed E-state index contributed by atoms with van der Waals surface area (Å²) in [5.41, 5.74) is 1.18. The molecule has 1 heterocycles. The van der Waals surface area contributed by atoms with E-state index in [-0.39, 0.29) is 5.91 Å². The summed E-state index contributed by atoms with van der Waals surface area (Å²) in [6.07, 6.45) is 3.15. The van der Waals surface area contributed by atoms with Crippen LogP contribution in [0.5, 0.6) is 0 Å². The molecule has 0 unspecified atom stereocenters. The summed E-state index contributed by atoms with van der Waals surface area (Å²) in [7, 11) is 1.78. The number of hydrogen-bond donors (Lipinski definition) is 1. The minimum Gasteiger partial charge on any atom is -0.340 e. The largest absolute Gasteiger partial charge is 0.340 e. The molecule has 2 aromatic rings. The number of anilines is 1. The van der Waals surface area contributed by atoms with Gasteiger partial charge in [0.25, 0.3) is 5.91 Å². The fourth-order valence-electron chi connectivity index (χ4n) is 1.43. The smallest absolute Gasteiger partial charge is 0.275 e. The standard InChI is InChI=1S/C12H9BrN4O/c1-17-6-11(15-7-17)12(18)16-10-3-2-9(13)4-8(10)5-14/h2-4,6-7H,1H3,(H,16,18). The molecule has 0 aliphatic heterocycles. The molecule has 1 N–H and O–H groups in total. The molecule has 0 aliphatic rings. The Morgan fingerprint density at radius 1 is 1.56 bits per heavy atom. The molecule has 18 heavy (non-hydrogen) atoms. The number of aromatic nitrogens is 2. The van der Waals surface area contributed by atoms with Crippen molar-refractivity contribution in [2.75, 3.05) is 5.32 Å². The van der Waals surface area contributed by atoms with E-state index in [1.54, 1.807) is 42.3 Å². The Hall–Kier alpha value is -2.13. The van der Waals surface area contributed by atoms with Gasteiger partial charge in [0.1, 0.15) is 11.8 Å². The SMILES string of the molecule is Cn1cnc(C(=O)Nc2ccc(Br)cc2C#N)c1. The van der Waals surface area contributed by atoms with Gasteiger partial charge in [-0.15, -0.1) is 0 Å². The van der Waals surface area contributed by atoms with Gasteiger partial charge in [-0.3, -0.25) is 4.79 Å². The van der Waals surface area contributed by atoms with Gasteiger partial charge in [-0.05, 0) is 18.2 Å². The van der Waals surface area contributed by atoms with Crippen molar-refractivity contribution in [1.29, 1.82) is 5.26 Å². The summed E-state index contributed by atoms with van der Waals surface area (Å²) in [5, 5.41) is 11.6. The molecule has 1 aromatic carbocycles. The number of nitrogens with zero attached hydrogens (tertiary/aromatic N) is 3. The highest BCUT2D eigenvalue weighted by atomic mass is 79.9. The lowest BCUT2D eigenvalue weighted by molar-refractivity contribution is 0.102. The average molecular weight is 305 g/mol. The molecule has 1 aromatic heterocycles. The van der Waals surface area contributed by atoms with Crippen LogP contribution in [-0.2, 0) is 7.05 Å². The van der Waals surface area contributed by atoms with E-state index in [0.717, 1.165) is 4.47 Å². The second-order valence-electron chi connectivity index (χ2n) is 3.68. The lowest BCUT2D eigenvalue weighted by Crippen LogP contribution is -2.13. The van der Waals surface area contributed by atoms with Gasteiger partial charge in [-0.2, -0.15) is 5.26 Å². The molecule has 90 valence electrons. The third-order valence-electron chi connectivity index (χ3n) is 2.29. The van der Waals surface area contributed by atoms with Gasteiger partial charge in [0.15, 0.2) is 0 Å². The third-order valence-corrected chi connectivity index (χ3v) is 2.78. The minimum absolute atomic E-state index is 0.310. The predicted octanol–water partition coefficient (Wildman–Crippen LogP) is 2.31. The van der Waals surface area contributed by atoms with E-state index in [9.17, 15) is 4.79 Å². The Balaban J connectivity index is 2.25. The number of imidazole rings is 1. The third kappa shape index (κ3) is 2.57. The number of amides is 1. The highest BCUT2D eigenvalue weighted by molar-refractivity contribution is 9.10. The lowest BCUT2D eigenvalue weighted by atomic mass is 10.2. The van der Waals surface area contributed by atoms with Crippen molar-refractivity contribution in [3.63, 3.8) is 0 Å². The number of benzene rings is 1. The van der Waals surface area contributed by atoms with Gasteiger partial charge >= 0.3 is 0 Å². The molecule has 0 radical (unpaired) electrons. The summed E-state index contributed by atoms with van der Waals surface area (Å²) in [5.74, 6) is -0.338. The van der Waals surface area contributed by atoms with Crippen LogP contribution in [-0.4, -0.2) is 15.5 Å². The Morgan fingerprint density at radius 3 is 2.94 bits per heavy atom. The van der Waals surface area contributed by atoms with Crippen LogP contribution in [0.25, 0.3) is 0 Å². The number of carbonyl (C=O) groups is 1. The fraction of sp³-hybridized carbons (Fsp3) is 0.0833. The number of halogens is 1. The maximum absolute atomic E-state index is 11.9. The summed E-state index contributed by atoms with van der Waals surface area (Å²) in [4.78, 5) is 15.8. The number of nitriles is 1. The predicted molar refractivity (Wildman–Crippen MR) is 70.0 cm³/mol.